The van der Waals surface area contributed by atoms with Crippen molar-refractivity contribution in [2.45, 2.75) is 19.0 Å². The zero-order valence-corrected chi connectivity index (χ0v) is 17.8. The standard InChI is InChI=1S/C22H24N2O2S2/c1-23(14-16-5-7-17(26-2)8-6-16)21(25)15-24-11-9-19-18(10-13-28-19)22(24)20-4-3-12-27-20/h3-8,10,12-13,22H,9,11,14-15H2,1-2H3. The van der Waals surface area contributed by atoms with Crippen molar-refractivity contribution in [3.63, 3.8) is 0 Å². The molecule has 0 spiro atoms. The summed E-state index contributed by atoms with van der Waals surface area (Å²) in [6.07, 6.45) is 1.02. The van der Waals surface area contributed by atoms with E-state index in [9.17, 15) is 4.79 Å². The molecular formula is C22H24N2O2S2. The van der Waals surface area contributed by atoms with Crippen molar-refractivity contribution in [1.82, 2.24) is 9.80 Å². The van der Waals surface area contributed by atoms with Crippen LogP contribution in [0, 0.1) is 0 Å². The summed E-state index contributed by atoms with van der Waals surface area (Å²) in [7, 11) is 3.54. The van der Waals surface area contributed by atoms with Gasteiger partial charge in [0.15, 0.2) is 0 Å². The first-order valence-electron chi connectivity index (χ1n) is 9.36. The number of hydrogen-bond donors (Lipinski definition) is 0. The summed E-state index contributed by atoms with van der Waals surface area (Å²) in [5, 5.41) is 4.29. The molecule has 0 bridgehead atoms. The lowest BCUT2D eigenvalue weighted by atomic mass is 9.98. The molecule has 2 aromatic heterocycles. The molecule has 6 heteroatoms. The van der Waals surface area contributed by atoms with Gasteiger partial charge in [-0.3, -0.25) is 9.69 Å². The van der Waals surface area contributed by atoms with Gasteiger partial charge in [0.2, 0.25) is 5.91 Å². The van der Waals surface area contributed by atoms with E-state index in [1.54, 1.807) is 18.4 Å². The lowest BCUT2D eigenvalue weighted by molar-refractivity contribution is -0.132. The molecule has 0 radical (unpaired) electrons. The molecule has 28 heavy (non-hydrogen) atoms. The molecular weight excluding hydrogens is 388 g/mol. The Kier molecular flexibility index (Phi) is 5.80. The van der Waals surface area contributed by atoms with E-state index >= 15 is 0 Å². The van der Waals surface area contributed by atoms with Crippen molar-refractivity contribution < 1.29 is 9.53 Å². The number of rotatable bonds is 6. The average Bonchev–Trinajstić information content (AvgIpc) is 3.40. The number of fused-ring (bicyclic) bond motifs is 1. The molecule has 4 nitrogen and oxygen atoms in total. The van der Waals surface area contributed by atoms with Gasteiger partial charge in [-0.15, -0.1) is 22.7 Å². The maximum Gasteiger partial charge on any atom is 0.236 e. The fraction of sp³-hybridized carbons (Fsp3) is 0.318. The van der Waals surface area contributed by atoms with Gasteiger partial charge < -0.3 is 9.64 Å². The number of nitrogens with zero attached hydrogens (tertiary/aromatic N) is 2. The van der Waals surface area contributed by atoms with E-state index < -0.39 is 0 Å². The Morgan fingerprint density at radius 1 is 1.18 bits per heavy atom. The summed E-state index contributed by atoms with van der Waals surface area (Å²) in [4.78, 5) is 19.9. The van der Waals surface area contributed by atoms with Gasteiger partial charge in [-0.25, -0.2) is 0 Å². The molecule has 0 saturated carbocycles. The molecule has 1 aromatic carbocycles. The first-order chi connectivity index (χ1) is 13.7. The number of carbonyl (C=O) groups is 1. The molecule has 0 saturated heterocycles. The van der Waals surface area contributed by atoms with Gasteiger partial charge in [0, 0.05) is 29.9 Å². The lowest BCUT2D eigenvalue weighted by Gasteiger charge is -2.35. The Bertz CT molecular complexity index is 918. The highest BCUT2D eigenvalue weighted by Gasteiger charge is 2.31. The van der Waals surface area contributed by atoms with Crippen molar-refractivity contribution >= 4 is 28.6 Å². The van der Waals surface area contributed by atoms with Gasteiger partial charge in [0.1, 0.15) is 5.75 Å². The van der Waals surface area contributed by atoms with E-state index in [0.29, 0.717) is 13.1 Å². The molecule has 146 valence electrons. The number of ether oxygens (including phenoxy) is 1. The van der Waals surface area contributed by atoms with Gasteiger partial charge in [-0.1, -0.05) is 18.2 Å². The second-order valence-electron chi connectivity index (χ2n) is 7.04. The Hall–Kier alpha value is -2.15. The molecule has 1 atom stereocenters. The van der Waals surface area contributed by atoms with Crippen LogP contribution in [-0.4, -0.2) is 43.0 Å². The topological polar surface area (TPSA) is 32.8 Å². The molecule has 0 N–H and O–H groups in total. The first kappa shape index (κ1) is 19.2. The minimum atomic E-state index is 0.149. The highest BCUT2D eigenvalue weighted by atomic mass is 32.1. The molecule has 1 unspecified atom stereocenters. The van der Waals surface area contributed by atoms with Crippen LogP contribution in [0.25, 0.3) is 0 Å². The van der Waals surface area contributed by atoms with Crippen LogP contribution in [-0.2, 0) is 17.8 Å². The maximum absolute atomic E-state index is 13.0. The highest BCUT2D eigenvalue weighted by molar-refractivity contribution is 7.10. The molecule has 3 aromatic rings. The van der Waals surface area contributed by atoms with Crippen molar-refractivity contribution in [1.29, 1.82) is 0 Å². The molecule has 1 amide bonds. The van der Waals surface area contributed by atoms with Crippen LogP contribution >= 0.6 is 22.7 Å². The third kappa shape index (κ3) is 3.99. The zero-order valence-electron chi connectivity index (χ0n) is 16.1. The summed E-state index contributed by atoms with van der Waals surface area (Å²) in [5.74, 6) is 0.979. The number of carbonyl (C=O) groups excluding carboxylic acids is 1. The predicted molar refractivity (Wildman–Crippen MR) is 115 cm³/mol. The number of likely N-dealkylation sites (N-methyl/N-ethyl adjacent to an activating group) is 1. The normalized spacial score (nSPS) is 16.6. The van der Waals surface area contributed by atoms with E-state index in [1.807, 2.05) is 47.5 Å². The Morgan fingerprint density at radius 3 is 2.71 bits per heavy atom. The van der Waals surface area contributed by atoms with Gasteiger partial charge in [0.05, 0.1) is 19.7 Å². The van der Waals surface area contributed by atoms with Crippen LogP contribution in [0.15, 0.2) is 53.2 Å². The minimum absolute atomic E-state index is 0.149. The molecule has 0 fully saturated rings. The van der Waals surface area contributed by atoms with Gasteiger partial charge >= 0.3 is 0 Å². The largest absolute Gasteiger partial charge is 0.497 e. The summed E-state index contributed by atoms with van der Waals surface area (Å²) < 4.78 is 5.21. The number of thiophene rings is 2. The van der Waals surface area contributed by atoms with Gasteiger partial charge in [0.25, 0.3) is 0 Å². The fourth-order valence-corrected chi connectivity index (χ4v) is 5.49. The highest BCUT2D eigenvalue weighted by Crippen LogP contribution is 2.39. The second-order valence-corrected chi connectivity index (χ2v) is 9.02. The second kappa shape index (κ2) is 8.47. The van der Waals surface area contributed by atoms with E-state index in [1.165, 1.54) is 15.3 Å². The van der Waals surface area contributed by atoms with Crippen molar-refractivity contribution in [3.8, 4) is 5.75 Å². The third-order valence-corrected chi connectivity index (χ3v) is 7.14. The van der Waals surface area contributed by atoms with Gasteiger partial charge in [-0.2, -0.15) is 0 Å². The number of methoxy groups -OCH3 is 1. The quantitative estimate of drug-likeness (QED) is 0.601. The van der Waals surface area contributed by atoms with E-state index in [-0.39, 0.29) is 11.9 Å². The summed E-state index contributed by atoms with van der Waals surface area (Å²) in [6.45, 7) is 1.95. The fourth-order valence-electron chi connectivity index (χ4n) is 3.71. The molecule has 3 heterocycles. The van der Waals surface area contributed by atoms with Crippen molar-refractivity contribution in [2.24, 2.45) is 0 Å². The summed E-state index contributed by atoms with van der Waals surface area (Å²) in [6, 6.07) is 14.6. The smallest absolute Gasteiger partial charge is 0.236 e. The minimum Gasteiger partial charge on any atom is -0.497 e. The van der Waals surface area contributed by atoms with Crippen LogP contribution in [0.2, 0.25) is 0 Å². The lowest BCUT2D eigenvalue weighted by Crippen LogP contribution is -2.42. The number of hydrogen-bond acceptors (Lipinski definition) is 5. The Labute approximate surface area is 174 Å². The zero-order chi connectivity index (χ0) is 19.5. The van der Waals surface area contributed by atoms with E-state index in [4.69, 9.17) is 4.74 Å². The molecule has 0 aliphatic carbocycles. The van der Waals surface area contributed by atoms with Crippen molar-refractivity contribution in [2.75, 3.05) is 27.2 Å². The molecule has 1 aliphatic rings. The number of amides is 1. The third-order valence-electron chi connectivity index (χ3n) is 5.22. The van der Waals surface area contributed by atoms with Gasteiger partial charge in [-0.05, 0) is 52.6 Å². The number of benzene rings is 1. The Balaban J connectivity index is 1.46. The maximum atomic E-state index is 13.0. The van der Waals surface area contributed by atoms with Crippen LogP contribution < -0.4 is 4.74 Å². The SMILES string of the molecule is COc1ccc(CN(C)C(=O)CN2CCc3sccc3C2c2cccs2)cc1. The van der Waals surface area contributed by atoms with Crippen LogP contribution in [0.4, 0.5) is 0 Å². The monoisotopic (exact) mass is 412 g/mol. The van der Waals surface area contributed by atoms with Crippen LogP contribution in [0.1, 0.15) is 26.9 Å². The first-order valence-corrected chi connectivity index (χ1v) is 11.1. The summed E-state index contributed by atoms with van der Waals surface area (Å²) in [5.41, 5.74) is 2.47. The molecule has 1 aliphatic heterocycles. The van der Waals surface area contributed by atoms with Crippen LogP contribution in [0.5, 0.6) is 5.75 Å². The van der Waals surface area contributed by atoms with Crippen LogP contribution in [0.3, 0.4) is 0 Å². The summed E-state index contributed by atoms with van der Waals surface area (Å²) >= 11 is 3.60. The van der Waals surface area contributed by atoms with Crippen molar-refractivity contribution in [3.05, 3.63) is 74.1 Å². The van der Waals surface area contributed by atoms with E-state index in [2.05, 4.69) is 33.9 Å². The molecule has 4 rings (SSSR count). The van der Waals surface area contributed by atoms with E-state index in [0.717, 1.165) is 24.3 Å². The predicted octanol–water partition coefficient (Wildman–Crippen LogP) is 4.42. The Morgan fingerprint density at radius 2 is 2.00 bits per heavy atom. The average molecular weight is 413 g/mol.